The Morgan fingerprint density at radius 1 is 1.16 bits per heavy atom. The van der Waals surface area contributed by atoms with Gasteiger partial charge in [0, 0.05) is 31.1 Å². The molecule has 0 spiro atoms. The molecule has 166 valence electrons. The van der Waals surface area contributed by atoms with Crippen LogP contribution in [0.4, 0.5) is 5.69 Å². The zero-order valence-corrected chi connectivity index (χ0v) is 19.1. The number of anilines is 1. The average molecular weight is 453 g/mol. The summed E-state index contributed by atoms with van der Waals surface area (Å²) in [6.45, 7) is 6.52. The number of rotatable bonds is 4. The number of amides is 1. The highest BCUT2D eigenvalue weighted by Crippen LogP contribution is 2.30. The molecule has 1 aromatic carbocycles. The predicted octanol–water partition coefficient (Wildman–Crippen LogP) is 2.08. The lowest BCUT2D eigenvalue weighted by Gasteiger charge is -2.36. The van der Waals surface area contributed by atoms with Gasteiger partial charge in [-0.1, -0.05) is 12.1 Å². The van der Waals surface area contributed by atoms with Crippen molar-refractivity contribution in [3.8, 4) is 5.75 Å². The Morgan fingerprint density at radius 2 is 1.91 bits per heavy atom. The fourth-order valence-corrected chi connectivity index (χ4v) is 5.22. The summed E-state index contributed by atoms with van der Waals surface area (Å²) in [5.41, 5.74) is 2.20. The molecule has 1 aliphatic rings. The Kier molecular flexibility index (Phi) is 5.09. The van der Waals surface area contributed by atoms with E-state index in [4.69, 9.17) is 4.74 Å². The molecule has 1 fully saturated rings. The van der Waals surface area contributed by atoms with E-state index in [9.17, 15) is 9.59 Å². The van der Waals surface area contributed by atoms with E-state index in [1.54, 1.807) is 34.2 Å². The van der Waals surface area contributed by atoms with E-state index in [1.165, 1.54) is 4.68 Å². The third-order valence-electron chi connectivity index (χ3n) is 6.12. The van der Waals surface area contributed by atoms with Crippen molar-refractivity contribution in [3.63, 3.8) is 0 Å². The summed E-state index contributed by atoms with van der Waals surface area (Å²) in [7, 11) is 1.66. The molecule has 0 aliphatic carbocycles. The number of methoxy groups -OCH3 is 1. The summed E-state index contributed by atoms with van der Waals surface area (Å²) in [4.78, 5) is 40.4. The topological polar surface area (TPSA) is 85.0 Å². The number of fused-ring (bicyclic) bond motifs is 3. The van der Waals surface area contributed by atoms with Crippen LogP contribution in [0.5, 0.6) is 5.75 Å². The van der Waals surface area contributed by atoms with Crippen LogP contribution in [-0.4, -0.2) is 63.3 Å². The summed E-state index contributed by atoms with van der Waals surface area (Å²) in [5, 5.41) is 0.878. The lowest BCUT2D eigenvalue weighted by Crippen LogP contribution is -2.50. The first-order chi connectivity index (χ1) is 15.5. The van der Waals surface area contributed by atoms with Gasteiger partial charge in [0.2, 0.25) is 5.91 Å². The monoisotopic (exact) mass is 452 g/mol. The van der Waals surface area contributed by atoms with Crippen molar-refractivity contribution >= 4 is 38.8 Å². The number of para-hydroxylation sites is 2. The Hall–Kier alpha value is -3.40. The van der Waals surface area contributed by atoms with Crippen LogP contribution in [0.1, 0.15) is 10.4 Å². The van der Waals surface area contributed by atoms with Crippen molar-refractivity contribution in [2.24, 2.45) is 0 Å². The SMILES string of the molecule is COc1ccccc1N1CCN(C(=O)Cn2c(=O)nc3c4c(C)c(C)sc4ncn32)CC1. The Bertz CT molecular complexity index is 1380. The summed E-state index contributed by atoms with van der Waals surface area (Å²) in [5.74, 6) is 0.717. The van der Waals surface area contributed by atoms with Gasteiger partial charge < -0.3 is 14.5 Å². The third-order valence-corrected chi connectivity index (χ3v) is 7.23. The zero-order chi connectivity index (χ0) is 22.4. The number of nitrogens with zero attached hydrogens (tertiary/aromatic N) is 6. The molecular weight excluding hydrogens is 428 g/mol. The van der Waals surface area contributed by atoms with Gasteiger partial charge in [-0.2, -0.15) is 4.98 Å². The molecule has 0 bridgehead atoms. The maximum absolute atomic E-state index is 13.0. The van der Waals surface area contributed by atoms with E-state index in [0.29, 0.717) is 31.8 Å². The summed E-state index contributed by atoms with van der Waals surface area (Å²) >= 11 is 1.58. The molecule has 1 amide bonds. The normalized spacial score (nSPS) is 14.5. The molecule has 1 aliphatic heterocycles. The minimum atomic E-state index is -0.441. The van der Waals surface area contributed by atoms with Gasteiger partial charge in [-0.25, -0.2) is 19.0 Å². The molecule has 5 rings (SSSR count). The van der Waals surface area contributed by atoms with Crippen LogP contribution in [0.25, 0.3) is 15.9 Å². The van der Waals surface area contributed by atoms with Gasteiger partial charge in [0.25, 0.3) is 0 Å². The number of ether oxygens (including phenoxy) is 1. The maximum atomic E-state index is 13.0. The molecule has 4 heterocycles. The number of benzene rings is 1. The van der Waals surface area contributed by atoms with E-state index in [1.807, 2.05) is 38.1 Å². The second kappa shape index (κ2) is 7.94. The zero-order valence-electron chi connectivity index (χ0n) is 18.2. The third kappa shape index (κ3) is 3.31. The number of thiophene rings is 1. The molecule has 1 saturated heterocycles. The molecular formula is C22H24N6O3S. The fraction of sp³-hybridized carbons (Fsp3) is 0.364. The van der Waals surface area contributed by atoms with Crippen molar-refractivity contribution in [3.05, 3.63) is 51.5 Å². The van der Waals surface area contributed by atoms with Gasteiger partial charge in [0.15, 0.2) is 5.65 Å². The maximum Gasteiger partial charge on any atom is 0.365 e. The van der Waals surface area contributed by atoms with Gasteiger partial charge in [-0.15, -0.1) is 11.3 Å². The molecule has 0 atom stereocenters. The average Bonchev–Trinajstić information content (AvgIpc) is 3.28. The Balaban J connectivity index is 1.35. The van der Waals surface area contributed by atoms with Crippen molar-refractivity contribution in [1.82, 2.24) is 24.1 Å². The first-order valence-electron chi connectivity index (χ1n) is 10.5. The number of hydrogen-bond acceptors (Lipinski definition) is 7. The van der Waals surface area contributed by atoms with Crippen LogP contribution < -0.4 is 15.3 Å². The Labute approximate surface area is 188 Å². The van der Waals surface area contributed by atoms with Gasteiger partial charge in [-0.3, -0.25) is 4.79 Å². The molecule has 0 saturated carbocycles. The van der Waals surface area contributed by atoms with Gasteiger partial charge in [-0.05, 0) is 31.5 Å². The molecule has 0 radical (unpaired) electrons. The molecule has 10 heteroatoms. The van der Waals surface area contributed by atoms with E-state index < -0.39 is 5.69 Å². The van der Waals surface area contributed by atoms with Crippen molar-refractivity contribution in [2.75, 3.05) is 38.2 Å². The van der Waals surface area contributed by atoms with E-state index in [2.05, 4.69) is 14.9 Å². The van der Waals surface area contributed by atoms with Gasteiger partial charge >= 0.3 is 5.69 Å². The van der Waals surface area contributed by atoms with Gasteiger partial charge in [0.1, 0.15) is 23.5 Å². The summed E-state index contributed by atoms with van der Waals surface area (Å²) in [6, 6.07) is 7.88. The summed E-state index contributed by atoms with van der Waals surface area (Å²) in [6.07, 6.45) is 1.58. The Morgan fingerprint density at radius 3 is 2.66 bits per heavy atom. The van der Waals surface area contributed by atoms with E-state index in [0.717, 1.165) is 32.1 Å². The first-order valence-corrected chi connectivity index (χ1v) is 11.3. The van der Waals surface area contributed by atoms with Crippen LogP contribution in [0, 0.1) is 13.8 Å². The highest BCUT2D eigenvalue weighted by atomic mass is 32.1. The van der Waals surface area contributed by atoms with Crippen LogP contribution in [0.2, 0.25) is 0 Å². The van der Waals surface area contributed by atoms with E-state index >= 15 is 0 Å². The predicted molar refractivity (Wildman–Crippen MR) is 124 cm³/mol. The fourth-order valence-electron chi connectivity index (χ4n) is 4.22. The van der Waals surface area contributed by atoms with Crippen LogP contribution in [0.3, 0.4) is 0 Å². The number of carbonyl (C=O) groups is 1. The number of piperazine rings is 1. The quantitative estimate of drug-likeness (QED) is 0.471. The lowest BCUT2D eigenvalue weighted by atomic mass is 10.2. The number of hydrogen-bond donors (Lipinski definition) is 0. The molecule has 32 heavy (non-hydrogen) atoms. The molecule has 0 N–H and O–H groups in total. The van der Waals surface area contributed by atoms with Crippen molar-refractivity contribution in [1.29, 1.82) is 0 Å². The highest BCUT2D eigenvalue weighted by Gasteiger charge is 2.24. The molecule has 4 aromatic rings. The highest BCUT2D eigenvalue weighted by molar-refractivity contribution is 7.18. The molecule has 9 nitrogen and oxygen atoms in total. The van der Waals surface area contributed by atoms with E-state index in [-0.39, 0.29) is 12.5 Å². The first kappa shape index (κ1) is 20.5. The lowest BCUT2D eigenvalue weighted by molar-refractivity contribution is -0.132. The minimum absolute atomic E-state index is 0.0655. The van der Waals surface area contributed by atoms with Gasteiger partial charge in [0.05, 0.1) is 18.2 Å². The van der Waals surface area contributed by atoms with Crippen LogP contribution in [0.15, 0.2) is 35.4 Å². The molecule has 3 aromatic heterocycles. The summed E-state index contributed by atoms with van der Waals surface area (Å²) < 4.78 is 8.43. The van der Waals surface area contributed by atoms with Crippen molar-refractivity contribution < 1.29 is 9.53 Å². The largest absolute Gasteiger partial charge is 0.495 e. The second-order valence-corrected chi connectivity index (χ2v) is 9.07. The van der Waals surface area contributed by atoms with Crippen LogP contribution >= 0.6 is 11.3 Å². The molecule has 0 unspecified atom stereocenters. The number of aromatic nitrogens is 4. The smallest absolute Gasteiger partial charge is 0.365 e. The standard InChI is InChI=1S/C22H24N6O3S/c1-14-15(2)32-21-19(14)20-24-22(30)27(28(20)13-23-21)12-18(29)26-10-8-25(9-11-26)16-6-4-5-7-17(16)31-3/h4-7,13H,8-12H2,1-3H3. The number of carbonyl (C=O) groups excluding carboxylic acids is 1. The van der Waals surface area contributed by atoms with Crippen LogP contribution in [-0.2, 0) is 11.3 Å². The number of aryl methyl sites for hydroxylation is 2. The minimum Gasteiger partial charge on any atom is -0.495 e. The second-order valence-electron chi connectivity index (χ2n) is 7.87. The van der Waals surface area contributed by atoms with Crippen molar-refractivity contribution in [2.45, 2.75) is 20.4 Å².